The fourth-order valence-corrected chi connectivity index (χ4v) is 6.51. The van der Waals surface area contributed by atoms with E-state index in [0.29, 0.717) is 25.1 Å². The standard InChI is InChI=1S/C30H37F2N5O2S/c1-6-25(38)36-12-11-30(17-36)14-20(15-30)37-22-8-7-19(16-33-18(2)29(3,4)5)13-21(22)34-28(37)35-27(39)24-10-9-23(40-24)26(31)32/h6-10,13,18,20,26,33H,1,11-12,14-17H2,2-5H3,(H,34,35,39)/t18-,20-,30-/m0/s1. The van der Waals surface area contributed by atoms with Crippen molar-refractivity contribution in [2.24, 2.45) is 10.8 Å². The molecule has 0 unspecified atom stereocenters. The number of aromatic nitrogens is 2. The van der Waals surface area contributed by atoms with Gasteiger partial charge in [0.2, 0.25) is 11.9 Å². The summed E-state index contributed by atoms with van der Waals surface area (Å²) in [4.78, 5) is 32.0. The molecule has 2 aromatic heterocycles. The minimum Gasteiger partial charge on any atom is -0.339 e. The molecule has 1 spiro atoms. The number of imidazole rings is 1. The molecule has 2 fully saturated rings. The van der Waals surface area contributed by atoms with E-state index in [1.165, 1.54) is 18.2 Å². The summed E-state index contributed by atoms with van der Waals surface area (Å²) in [7, 11) is 0. The van der Waals surface area contributed by atoms with Crippen LogP contribution in [0.25, 0.3) is 11.0 Å². The second-order valence-corrected chi connectivity index (χ2v) is 13.4. The van der Waals surface area contributed by atoms with Gasteiger partial charge in [-0.05, 0) is 72.9 Å². The van der Waals surface area contributed by atoms with Crippen LogP contribution in [0, 0.1) is 10.8 Å². The van der Waals surface area contributed by atoms with E-state index >= 15 is 0 Å². The van der Waals surface area contributed by atoms with Crippen LogP contribution < -0.4 is 10.6 Å². The highest BCUT2D eigenvalue weighted by atomic mass is 32.1. The number of rotatable bonds is 8. The van der Waals surface area contributed by atoms with Gasteiger partial charge in [-0.2, -0.15) is 0 Å². The summed E-state index contributed by atoms with van der Waals surface area (Å²) in [5.74, 6) is -0.0774. The minimum absolute atomic E-state index is 0.0395. The second-order valence-electron chi connectivity index (χ2n) is 12.3. The topological polar surface area (TPSA) is 79.3 Å². The maximum absolute atomic E-state index is 13.1. The van der Waals surface area contributed by atoms with E-state index in [1.807, 2.05) is 17.0 Å². The van der Waals surface area contributed by atoms with Gasteiger partial charge in [0, 0.05) is 31.7 Å². The van der Waals surface area contributed by atoms with Gasteiger partial charge in [0.15, 0.2) is 0 Å². The van der Waals surface area contributed by atoms with Crippen LogP contribution in [0.4, 0.5) is 14.7 Å². The lowest BCUT2D eigenvalue weighted by Gasteiger charge is -2.46. The largest absolute Gasteiger partial charge is 0.339 e. The van der Waals surface area contributed by atoms with Crippen molar-refractivity contribution in [2.75, 3.05) is 18.4 Å². The second kappa shape index (κ2) is 10.7. The maximum atomic E-state index is 13.1. The molecule has 7 nitrogen and oxygen atoms in total. The van der Waals surface area contributed by atoms with Gasteiger partial charge in [-0.1, -0.05) is 33.4 Å². The number of likely N-dealkylation sites (tertiary alicyclic amines) is 1. The molecule has 2 aliphatic rings. The number of hydrogen-bond acceptors (Lipinski definition) is 5. The molecule has 3 heterocycles. The molecule has 0 bridgehead atoms. The first-order valence-corrected chi connectivity index (χ1v) is 14.6. The van der Waals surface area contributed by atoms with Gasteiger partial charge >= 0.3 is 0 Å². The predicted octanol–water partition coefficient (Wildman–Crippen LogP) is 6.55. The van der Waals surface area contributed by atoms with E-state index in [0.717, 1.165) is 53.7 Å². The van der Waals surface area contributed by atoms with E-state index < -0.39 is 12.3 Å². The third kappa shape index (κ3) is 5.56. The Morgan fingerprint density at radius 2 is 2.00 bits per heavy atom. The predicted molar refractivity (Wildman–Crippen MR) is 155 cm³/mol. The van der Waals surface area contributed by atoms with Gasteiger partial charge in [0.25, 0.3) is 12.3 Å². The number of amides is 2. The van der Waals surface area contributed by atoms with Crippen LogP contribution in [-0.4, -0.2) is 45.4 Å². The molecule has 214 valence electrons. The molecule has 2 amide bonds. The molecule has 1 saturated carbocycles. The van der Waals surface area contributed by atoms with Gasteiger partial charge in [0.1, 0.15) is 0 Å². The molecule has 3 aromatic rings. The Labute approximate surface area is 237 Å². The molecule has 1 saturated heterocycles. The van der Waals surface area contributed by atoms with Crippen LogP contribution in [0.15, 0.2) is 43.0 Å². The Balaban J connectivity index is 1.41. The average Bonchev–Trinajstić information content (AvgIpc) is 3.62. The number of carbonyl (C=O) groups excluding carboxylic acids is 2. The van der Waals surface area contributed by atoms with E-state index in [1.54, 1.807) is 0 Å². The Morgan fingerprint density at radius 1 is 1.25 bits per heavy atom. The van der Waals surface area contributed by atoms with Gasteiger partial charge in [-0.3, -0.25) is 14.9 Å². The van der Waals surface area contributed by atoms with Crippen LogP contribution in [0.2, 0.25) is 0 Å². The average molecular weight is 570 g/mol. The molecule has 10 heteroatoms. The number of nitrogens with one attached hydrogen (secondary N) is 2. The quantitative estimate of drug-likeness (QED) is 0.302. The molecule has 0 radical (unpaired) electrons. The third-order valence-electron chi connectivity index (χ3n) is 8.58. The first kappa shape index (κ1) is 28.4. The van der Waals surface area contributed by atoms with Gasteiger partial charge in [-0.15, -0.1) is 11.3 Å². The zero-order chi connectivity index (χ0) is 28.8. The van der Waals surface area contributed by atoms with Crippen LogP contribution >= 0.6 is 11.3 Å². The number of carbonyl (C=O) groups is 2. The summed E-state index contributed by atoms with van der Waals surface area (Å²) in [6, 6.07) is 9.29. The summed E-state index contributed by atoms with van der Waals surface area (Å²) in [6.07, 6.45) is 1.41. The Bertz CT molecular complexity index is 1430. The minimum atomic E-state index is -2.62. The van der Waals surface area contributed by atoms with E-state index in [4.69, 9.17) is 4.98 Å². The van der Waals surface area contributed by atoms with Crippen molar-refractivity contribution in [1.29, 1.82) is 0 Å². The summed E-state index contributed by atoms with van der Waals surface area (Å²) >= 11 is 0.790. The molecule has 1 aromatic carbocycles. The molecule has 1 aliphatic carbocycles. The third-order valence-corrected chi connectivity index (χ3v) is 9.67. The maximum Gasteiger partial charge on any atom is 0.272 e. The first-order valence-electron chi connectivity index (χ1n) is 13.7. The normalized spacial score (nSPS) is 21.7. The van der Waals surface area contributed by atoms with Crippen molar-refractivity contribution in [3.63, 3.8) is 0 Å². The number of hydrogen-bond donors (Lipinski definition) is 2. The van der Waals surface area contributed by atoms with Crippen molar-refractivity contribution in [2.45, 2.75) is 72.0 Å². The van der Waals surface area contributed by atoms with Crippen molar-refractivity contribution < 1.29 is 18.4 Å². The van der Waals surface area contributed by atoms with E-state index in [2.05, 4.69) is 55.5 Å². The zero-order valence-electron chi connectivity index (χ0n) is 23.5. The van der Waals surface area contributed by atoms with Crippen LogP contribution in [-0.2, 0) is 11.3 Å². The first-order chi connectivity index (χ1) is 18.9. The number of alkyl halides is 2. The number of benzene rings is 1. The monoisotopic (exact) mass is 569 g/mol. The van der Waals surface area contributed by atoms with Crippen LogP contribution in [0.5, 0.6) is 0 Å². The van der Waals surface area contributed by atoms with E-state index in [9.17, 15) is 18.4 Å². The van der Waals surface area contributed by atoms with Crippen molar-refractivity contribution in [1.82, 2.24) is 19.8 Å². The summed E-state index contributed by atoms with van der Waals surface area (Å²) in [5, 5.41) is 6.49. The Hall–Kier alpha value is -3.11. The molecule has 5 rings (SSSR count). The fourth-order valence-electron chi connectivity index (χ4n) is 5.75. The number of anilines is 1. The molecule has 1 aliphatic heterocycles. The number of fused-ring (bicyclic) bond motifs is 1. The molecule has 40 heavy (non-hydrogen) atoms. The SMILES string of the molecule is C=CC(=O)N1CC[C@]2(C1)C[C@H](n1c(NC(=O)c3ccc(C(F)F)s3)nc3cc(CN[C@@H](C)C(C)(C)C)ccc31)C2. The highest BCUT2D eigenvalue weighted by molar-refractivity contribution is 7.14. The Kier molecular flexibility index (Phi) is 7.60. The van der Waals surface area contributed by atoms with Gasteiger partial charge in [-0.25, -0.2) is 13.8 Å². The summed E-state index contributed by atoms with van der Waals surface area (Å²) in [6.45, 7) is 14.5. The number of halogens is 2. The lowest BCUT2D eigenvalue weighted by Crippen LogP contribution is -2.42. The number of thiophene rings is 1. The van der Waals surface area contributed by atoms with Crippen LogP contribution in [0.3, 0.4) is 0 Å². The van der Waals surface area contributed by atoms with Crippen molar-refractivity contribution >= 4 is 40.1 Å². The molecule has 1 atom stereocenters. The van der Waals surface area contributed by atoms with E-state index in [-0.39, 0.29) is 32.5 Å². The molecular formula is C30H37F2N5O2S. The highest BCUT2D eigenvalue weighted by Gasteiger charge is 2.50. The smallest absolute Gasteiger partial charge is 0.272 e. The van der Waals surface area contributed by atoms with Crippen molar-refractivity contribution in [3.8, 4) is 0 Å². The number of nitrogens with zero attached hydrogens (tertiary/aromatic N) is 3. The van der Waals surface area contributed by atoms with Gasteiger partial charge in [0.05, 0.1) is 20.8 Å². The molecule has 2 N–H and O–H groups in total. The lowest BCUT2D eigenvalue weighted by atomic mass is 9.64. The zero-order valence-corrected chi connectivity index (χ0v) is 24.3. The fraction of sp³-hybridized carbons (Fsp3) is 0.500. The van der Waals surface area contributed by atoms with Crippen molar-refractivity contribution in [3.05, 3.63) is 58.3 Å². The van der Waals surface area contributed by atoms with Gasteiger partial charge < -0.3 is 14.8 Å². The highest BCUT2D eigenvalue weighted by Crippen LogP contribution is 2.55. The summed E-state index contributed by atoms with van der Waals surface area (Å²) < 4.78 is 28.3. The lowest BCUT2D eigenvalue weighted by molar-refractivity contribution is -0.125. The van der Waals surface area contributed by atoms with Crippen LogP contribution in [0.1, 0.15) is 79.5 Å². The molecular weight excluding hydrogens is 532 g/mol. The Morgan fingerprint density at radius 3 is 2.65 bits per heavy atom. The summed E-state index contributed by atoms with van der Waals surface area (Å²) in [5.41, 5.74) is 2.95.